The Hall–Kier alpha value is -2.09. The van der Waals surface area contributed by atoms with Crippen LogP contribution in [0.2, 0.25) is 10.0 Å². The minimum atomic E-state index is -0.303. The Bertz CT molecular complexity index is 977. The van der Waals surface area contributed by atoms with E-state index >= 15 is 0 Å². The van der Waals surface area contributed by atoms with E-state index in [4.69, 9.17) is 23.2 Å². The molecule has 0 atom stereocenters. The highest BCUT2D eigenvalue weighted by atomic mass is 35.5. The quantitative estimate of drug-likeness (QED) is 0.718. The topological polar surface area (TPSA) is 68.9 Å². The number of amides is 1. The van der Waals surface area contributed by atoms with Crippen molar-refractivity contribution in [3.8, 4) is 0 Å². The van der Waals surface area contributed by atoms with E-state index in [9.17, 15) is 9.59 Å². The molecule has 0 spiro atoms. The molecule has 0 radical (unpaired) electrons. The summed E-state index contributed by atoms with van der Waals surface area (Å²) in [4.78, 5) is 23.8. The molecule has 3 rings (SSSR count). The smallest absolute Gasteiger partial charge is 0.307 e. The van der Waals surface area contributed by atoms with Crippen LogP contribution in [0.25, 0.3) is 0 Å². The average molecular weight is 397 g/mol. The molecule has 0 saturated heterocycles. The van der Waals surface area contributed by atoms with Crippen molar-refractivity contribution in [2.24, 2.45) is 0 Å². The second kappa shape index (κ2) is 7.43. The van der Waals surface area contributed by atoms with Crippen LogP contribution in [-0.2, 0) is 17.9 Å². The Morgan fingerprint density at radius 3 is 2.84 bits per heavy atom. The molecule has 1 amide bonds. The van der Waals surface area contributed by atoms with Crippen LogP contribution in [0.1, 0.15) is 11.3 Å². The zero-order valence-corrected chi connectivity index (χ0v) is 15.5. The van der Waals surface area contributed by atoms with Gasteiger partial charge in [0.2, 0.25) is 5.91 Å². The summed E-state index contributed by atoms with van der Waals surface area (Å²) in [6, 6.07) is 7.03. The molecule has 0 aliphatic heterocycles. The highest BCUT2D eigenvalue weighted by Crippen LogP contribution is 2.26. The molecule has 0 saturated carbocycles. The lowest BCUT2D eigenvalue weighted by Crippen LogP contribution is -2.26. The zero-order chi connectivity index (χ0) is 18.0. The first kappa shape index (κ1) is 17.7. The van der Waals surface area contributed by atoms with Gasteiger partial charge in [0, 0.05) is 17.1 Å². The number of rotatable bonds is 5. The molecule has 130 valence electrons. The van der Waals surface area contributed by atoms with Gasteiger partial charge in [-0.3, -0.25) is 14.2 Å². The molecule has 0 aliphatic carbocycles. The third-order valence-electron chi connectivity index (χ3n) is 3.61. The number of nitrogens with one attached hydrogen (secondary N) is 1. The summed E-state index contributed by atoms with van der Waals surface area (Å²) in [6.45, 7) is 2.10. The lowest BCUT2D eigenvalue weighted by Gasteiger charge is -2.11. The summed E-state index contributed by atoms with van der Waals surface area (Å²) in [7, 11) is 0. The first-order chi connectivity index (χ1) is 12.0. The Morgan fingerprint density at radius 1 is 1.32 bits per heavy atom. The van der Waals surface area contributed by atoms with E-state index in [2.05, 4.69) is 10.4 Å². The van der Waals surface area contributed by atoms with E-state index in [-0.39, 0.29) is 17.3 Å². The molecule has 0 aliphatic rings. The number of benzene rings is 1. The SMILES string of the molecule is Cc1csc(=O)n1CC(=O)Nc1ccnn1Cc1cccc(Cl)c1Cl. The van der Waals surface area contributed by atoms with Gasteiger partial charge in [-0.15, -0.1) is 0 Å². The lowest BCUT2D eigenvalue weighted by atomic mass is 10.2. The van der Waals surface area contributed by atoms with E-state index < -0.39 is 0 Å². The Kier molecular flexibility index (Phi) is 5.27. The molecule has 1 N–H and O–H groups in total. The van der Waals surface area contributed by atoms with Crippen molar-refractivity contribution in [1.82, 2.24) is 14.3 Å². The van der Waals surface area contributed by atoms with Gasteiger partial charge in [0.1, 0.15) is 12.4 Å². The monoisotopic (exact) mass is 396 g/mol. The average Bonchev–Trinajstić information content (AvgIpc) is 3.13. The van der Waals surface area contributed by atoms with E-state index in [1.165, 1.54) is 4.57 Å². The molecular weight excluding hydrogens is 383 g/mol. The van der Waals surface area contributed by atoms with Gasteiger partial charge in [-0.2, -0.15) is 5.10 Å². The van der Waals surface area contributed by atoms with Crippen molar-refractivity contribution in [1.29, 1.82) is 0 Å². The van der Waals surface area contributed by atoms with Gasteiger partial charge in [0.05, 0.1) is 22.8 Å². The van der Waals surface area contributed by atoms with Gasteiger partial charge in [-0.25, -0.2) is 4.68 Å². The number of thiazole rings is 1. The molecule has 2 heterocycles. The fourth-order valence-electron chi connectivity index (χ4n) is 2.32. The van der Waals surface area contributed by atoms with Gasteiger partial charge in [0.25, 0.3) is 0 Å². The van der Waals surface area contributed by atoms with Gasteiger partial charge >= 0.3 is 4.87 Å². The van der Waals surface area contributed by atoms with Crippen LogP contribution < -0.4 is 10.2 Å². The summed E-state index contributed by atoms with van der Waals surface area (Å²) in [5.74, 6) is 0.213. The molecular formula is C16H14Cl2N4O2S. The van der Waals surface area contributed by atoms with Crippen molar-refractivity contribution < 1.29 is 4.79 Å². The number of aromatic nitrogens is 3. The molecule has 0 bridgehead atoms. The van der Waals surface area contributed by atoms with Crippen LogP contribution >= 0.6 is 34.5 Å². The highest BCUT2D eigenvalue weighted by molar-refractivity contribution is 7.07. The van der Waals surface area contributed by atoms with Gasteiger partial charge in [-0.1, -0.05) is 46.7 Å². The molecule has 9 heteroatoms. The van der Waals surface area contributed by atoms with Crippen LogP contribution in [-0.4, -0.2) is 20.3 Å². The highest BCUT2D eigenvalue weighted by Gasteiger charge is 2.13. The van der Waals surface area contributed by atoms with Gasteiger partial charge in [0.15, 0.2) is 0 Å². The predicted molar refractivity (Wildman–Crippen MR) is 99.7 cm³/mol. The minimum Gasteiger partial charge on any atom is -0.309 e. The summed E-state index contributed by atoms with van der Waals surface area (Å²) >= 11 is 13.3. The number of carbonyl (C=O) groups is 1. The summed E-state index contributed by atoms with van der Waals surface area (Å²) in [5, 5.41) is 9.61. The number of hydrogen-bond donors (Lipinski definition) is 1. The second-order valence-electron chi connectivity index (χ2n) is 5.36. The number of halogens is 2. The first-order valence-corrected chi connectivity index (χ1v) is 8.98. The maximum atomic E-state index is 12.3. The molecule has 25 heavy (non-hydrogen) atoms. The molecule has 2 aromatic heterocycles. The van der Waals surface area contributed by atoms with Crippen LogP contribution in [0.4, 0.5) is 5.82 Å². The fourth-order valence-corrected chi connectivity index (χ4v) is 3.43. The van der Waals surface area contributed by atoms with E-state index in [1.54, 1.807) is 41.4 Å². The molecule has 3 aromatic rings. The number of carbonyl (C=O) groups excluding carboxylic acids is 1. The minimum absolute atomic E-state index is 0.0444. The van der Waals surface area contributed by atoms with Crippen molar-refractivity contribution in [3.63, 3.8) is 0 Å². The summed E-state index contributed by atoms with van der Waals surface area (Å²) in [6.07, 6.45) is 1.58. The van der Waals surface area contributed by atoms with Crippen molar-refractivity contribution in [3.05, 3.63) is 66.8 Å². The summed E-state index contributed by atoms with van der Waals surface area (Å²) < 4.78 is 3.03. The van der Waals surface area contributed by atoms with Crippen LogP contribution in [0.5, 0.6) is 0 Å². The normalized spacial score (nSPS) is 10.8. The van der Waals surface area contributed by atoms with Crippen molar-refractivity contribution in [2.45, 2.75) is 20.0 Å². The molecule has 0 fully saturated rings. The van der Waals surface area contributed by atoms with E-state index in [0.717, 1.165) is 22.6 Å². The Labute approximate surface area is 157 Å². The molecule has 0 unspecified atom stereocenters. The third kappa shape index (κ3) is 3.95. The molecule has 6 nitrogen and oxygen atoms in total. The van der Waals surface area contributed by atoms with E-state index in [0.29, 0.717) is 22.4 Å². The van der Waals surface area contributed by atoms with Crippen LogP contribution in [0.15, 0.2) is 40.6 Å². The number of aryl methyl sites for hydroxylation is 1. The Morgan fingerprint density at radius 2 is 2.12 bits per heavy atom. The Balaban J connectivity index is 1.75. The maximum absolute atomic E-state index is 12.3. The predicted octanol–water partition coefficient (Wildman–Crippen LogP) is 3.41. The first-order valence-electron chi connectivity index (χ1n) is 7.35. The maximum Gasteiger partial charge on any atom is 0.307 e. The zero-order valence-electron chi connectivity index (χ0n) is 13.2. The van der Waals surface area contributed by atoms with Crippen molar-refractivity contribution >= 4 is 46.3 Å². The molecule has 1 aromatic carbocycles. The van der Waals surface area contributed by atoms with Gasteiger partial charge < -0.3 is 5.32 Å². The summed E-state index contributed by atoms with van der Waals surface area (Å²) in [5.41, 5.74) is 1.54. The van der Waals surface area contributed by atoms with Gasteiger partial charge in [-0.05, 0) is 18.6 Å². The second-order valence-corrected chi connectivity index (χ2v) is 6.97. The van der Waals surface area contributed by atoms with Crippen molar-refractivity contribution in [2.75, 3.05) is 5.32 Å². The number of hydrogen-bond acceptors (Lipinski definition) is 4. The standard InChI is InChI=1S/C16H14Cl2N4O2S/c1-10-9-25-16(24)21(10)8-14(23)20-13-5-6-19-22(13)7-11-3-2-4-12(17)15(11)18/h2-6,9H,7-8H2,1H3,(H,20,23). The largest absolute Gasteiger partial charge is 0.309 e. The third-order valence-corrected chi connectivity index (χ3v) is 5.35. The van der Waals surface area contributed by atoms with Crippen LogP contribution in [0, 0.1) is 6.92 Å². The number of anilines is 1. The van der Waals surface area contributed by atoms with E-state index in [1.807, 2.05) is 6.07 Å². The van der Waals surface area contributed by atoms with Crippen LogP contribution in [0.3, 0.4) is 0 Å². The lowest BCUT2D eigenvalue weighted by molar-refractivity contribution is -0.116. The number of nitrogens with zero attached hydrogens (tertiary/aromatic N) is 3. The fraction of sp³-hybridized carbons (Fsp3) is 0.188.